The number of rotatable bonds is 4. The molecule has 0 aliphatic carbocycles. The molecule has 2 aromatic carbocycles. The van der Waals surface area contributed by atoms with Crippen LogP contribution < -0.4 is 14.8 Å². The number of hydrazine groups is 1. The van der Waals surface area contributed by atoms with Crippen LogP contribution in [0.4, 0.5) is 11.6 Å². The zero-order chi connectivity index (χ0) is 23.3. The Morgan fingerprint density at radius 3 is 2.30 bits per heavy atom. The number of carbonyl (C=O) groups is 2. The maximum absolute atomic E-state index is 13.2. The number of nitrogens with zero attached hydrogens (tertiary/aromatic N) is 5. The minimum atomic E-state index is -1.01. The molecule has 0 unspecified atom stereocenters. The van der Waals surface area contributed by atoms with Crippen molar-refractivity contribution in [2.75, 3.05) is 31.3 Å². The highest BCUT2D eigenvalue weighted by molar-refractivity contribution is 5.93. The van der Waals surface area contributed by atoms with E-state index in [9.17, 15) is 9.59 Å². The third kappa shape index (κ3) is 3.01. The van der Waals surface area contributed by atoms with Crippen LogP contribution in [-0.2, 0) is 19.1 Å². The Hall–Kier alpha value is -4.08. The molecule has 3 aromatic rings. The second kappa shape index (κ2) is 7.80. The van der Waals surface area contributed by atoms with E-state index >= 15 is 0 Å². The van der Waals surface area contributed by atoms with Gasteiger partial charge in [0.05, 0.1) is 38.7 Å². The number of hydrogen-bond acceptors (Lipinski definition) is 9. The summed E-state index contributed by atoms with van der Waals surface area (Å²) in [5, 5.41) is 12.0. The van der Waals surface area contributed by atoms with E-state index in [-0.39, 0.29) is 0 Å². The summed E-state index contributed by atoms with van der Waals surface area (Å²) < 4.78 is 17.4. The Balaban J connectivity index is 1.79. The maximum Gasteiger partial charge on any atom is 0.331 e. The van der Waals surface area contributed by atoms with Crippen LogP contribution in [0.1, 0.15) is 17.2 Å². The summed E-state index contributed by atoms with van der Waals surface area (Å²) in [5.41, 5.74) is 3.48. The fraction of sp³-hybridized carbons (Fsp3) is 0.304. The van der Waals surface area contributed by atoms with Gasteiger partial charge in [0.25, 0.3) is 5.95 Å². The zero-order valence-electron chi connectivity index (χ0n) is 18.6. The molecule has 33 heavy (non-hydrogen) atoms. The Morgan fingerprint density at radius 1 is 0.909 bits per heavy atom. The van der Waals surface area contributed by atoms with Crippen molar-refractivity contribution in [3.8, 4) is 11.4 Å². The molecule has 3 atom stereocenters. The summed E-state index contributed by atoms with van der Waals surface area (Å²) in [7, 11) is 4.21. The van der Waals surface area contributed by atoms with Crippen molar-refractivity contribution in [1.82, 2.24) is 14.8 Å². The molecule has 1 aromatic heterocycles. The summed E-state index contributed by atoms with van der Waals surface area (Å²) in [4.78, 5) is 26.3. The van der Waals surface area contributed by atoms with Gasteiger partial charge >= 0.3 is 11.9 Å². The molecule has 5 rings (SSSR count). The molecular formula is C23H23N5O5. The van der Waals surface area contributed by atoms with Crippen LogP contribution in [0.3, 0.4) is 0 Å². The van der Waals surface area contributed by atoms with E-state index in [1.54, 1.807) is 23.0 Å². The first-order valence-electron chi connectivity index (χ1n) is 10.4. The van der Waals surface area contributed by atoms with E-state index in [0.29, 0.717) is 11.7 Å². The molecular weight excluding hydrogens is 426 g/mol. The lowest BCUT2D eigenvalue weighted by molar-refractivity contribution is -0.153. The van der Waals surface area contributed by atoms with Gasteiger partial charge < -0.3 is 14.2 Å². The molecule has 0 radical (unpaired) electrons. The van der Waals surface area contributed by atoms with E-state index in [4.69, 9.17) is 14.2 Å². The number of methoxy groups -OCH3 is 3. The molecule has 2 aliphatic heterocycles. The minimum absolute atomic E-state index is 0.409. The van der Waals surface area contributed by atoms with Gasteiger partial charge in [-0.05, 0) is 42.3 Å². The van der Waals surface area contributed by atoms with Gasteiger partial charge in [-0.3, -0.25) is 14.4 Å². The molecule has 1 fully saturated rings. The van der Waals surface area contributed by atoms with E-state index in [1.165, 1.54) is 14.2 Å². The van der Waals surface area contributed by atoms with Crippen LogP contribution in [0.15, 0.2) is 48.8 Å². The molecule has 2 aliphatic rings. The zero-order valence-corrected chi connectivity index (χ0v) is 18.6. The van der Waals surface area contributed by atoms with Crippen LogP contribution in [0.25, 0.3) is 5.69 Å². The maximum atomic E-state index is 13.2. The fourth-order valence-corrected chi connectivity index (χ4v) is 4.72. The van der Waals surface area contributed by atoms with Crippen LogP contribution in [-0.4, -0.2) is 54.1 Å². The number of fused-ring (bicyclic) bond motifs is 6. The fourth-order valence-electron chi connectivity index (χ4n) is 4.72. The second-order valence-corrected chi connectivity index (χ2v) is 7.92. The van der Waals surface area contributed by atoms with Crippen LogP contribution in [0.2, 0.25) is 0 Å². The first-order chi connectivity index (χ1) is 16.0. The van der Waals surface area contributed by atoms with Crippen molar-refractivity contribution in [2.24, 2.45) is 5.92 Å². The van der Waals surface area contributed by atoms with E-state index in [0.717, 1.165) is 22.5 Å². The number of hydrogen-bond donors (Lipinski definition) is 0. The van der Waals surface area contributed by atoms with Gasteiger partial charge in [-0.2, -0.15) is 0 Å². The minimum Gasteiger partial charge on any atom is -0.497 e. The molecule has 0 saturated carbocycles. The Bertz CT molecular complexity index is 1220. The topological polar surface area (TPSA) is 99.0 Å². The molecule has 0 bridgehead atoms. The van der Waals surface area contributed by atoms with Crippen molar-refractivity contribution < 1.29 is 23.8 Å². The average molecular weight is 449 g/mol. The SMILES string of the molecule is COC(=O)[C@@H]1[C@@H](C(=O)OC)N2c3nncn3-c3ccc(C)cc3N2[C@H]1c1ccc(OC)cc1. The predicted molar refractivity (Wildman–Crippen MR) is 118 cm³/mol. The lowest BCUT2D eigenvalue weighted by Crippen LogP contribution is -2.50. The summed E-state index contributed by atoms with van der Waals surface area (Å²) in [6.07, 6.45) is 1.59. The molecule has 0 amide bonds. The third-order valence-electron chi connectivity index (χ3n) is 6.18. The van der Waals surface area contributed by atoms with Crippen LogP contribution in [0, 0.1) is 12.8 Å². The van der Waals surface area contributed by atoms with E-state index in [2.05, 4.69) is 10.2 Å². The molecule has 170 valence electrons. The van der Waals surface area contributed by atoms with Gasteiger partial charge in [0, 0.05) is 0 Å². The number of benzene rings is 2. The van der Waals surface area contributed by atoms with E-state index in [1.807, 2.05) is 54.4 Å². The summed E-state index contributed by atoms with van der Waals surface area (Å²) in [5.74, 6) is -0.903. The normalized spacial score (nSPS) is 20.5. The average Bonchev–Trinajstić information content (AvgIpc) is 3.46. The second-order valence-electron chi connectivity index (χ2n) is 7.92. The lowest BCUT2D eigenvalue weighted by atomic mass is 9.88. The van der Waals surface area contributed by atoms with Gasteiger partial charge in [-0.25, -0.2) is 9.80 Å². The van der Waals surface area contributed by atoms with Gasteiger partial charge in [-0.15, -0.1) is 10.2 Å². The molecule has 3 heterocycles. The standard InChI is InChI=1S/C23H23N5O5/c1-13-5-10-16-17(11-13)27-19(14-6-8-15(31-2)9-7-14)18(21(29)32-3)20(22(30)33-4)28(27)23-25-24-12-26(16)23/h5-12,18-20H,1-4H3/t18-,19-,20-/m0/s1. The van der Waals surface area contributed by atoms with Crippen LogP contribution in [0.5, 0.6) is 5.75 Å². The molecule has 0 spiro atoms. The first kappa shape index (κ1) is 20.8. The number of aryl methyl sites for hydroxylation is 1. The molecule has 1 saturated heterocycles. The van der Waals surface area contributed by atoms with Crippen molar-refractivity contribution in [3.05, 3.63) is 59.9 Å². The Morgan fingerprint density at radius 2 is 1.64 bits per heavy atom. The van der Waals surface area contributed by atoms with Crippen molar-refractivity contribution >= 4 is 23.6 Å². The number of anilines is 2. The quantitative estimate of drug-likeness (QED) is 0.555. The Kier molecular flexibility index (Phi) is 4.92. The van der Waals surface area contributed by atoms with Crippen molar-refractivity contribution in [3.63, 3.8) is 0 Å². The molecule has 10 heteroatoms. The van der Waals surface area contributed by atoms with Gasteiger partial charge in [-0.1, -0.05) is 18.2 Å². The molecule has 10 nitrogen and oxygen atoms in total. The largest absolute Gasteiger partial charge is 0.497 e. The summed E-state index contributed by atoms with van der Waals surface area (Å²) in [6, 6.07) is 11.8. The lowest BCUT2D eigenvalue weighted by Gasteiger charge is -2.40. The smallest absolute Gasteiger partial charge is 0.331 e. The third-order valence-corrected chi connectivity index (χ3v) is 6.18. The van der Waals surface area contributed by atoms with Crippen molar-refractivity contribution in [1.29, 1.82) is 0 Å². The highest BCUT2D eigenvalue weighted by atomic mass is 16.5. The highest BCUT2D eigenvalue weighted by Gasteiger charge is 2.59. The highest BCUT2D eigenvalue weighted by Crippen LogP contribution is 2.51. The summed E-state index contributed by atoms with van der Waals surface area (Å²) in [6.45, 7) is 1.99. The monoisotopic (exact) mass is 449 g/mol. The number of esters is 2. The van der Waals surface area contributed by atoms with Crippen molar-refractivity contribution in [2.45, 2.75) is 19.0 Å². The summed E-state index contributed by atoms with van der Waals surface area (Å²) >= 11 is 0. The Labute approximate surface area is 190 Å². The van der Waals surface area contributed by atoms with Gasteiger partial charge in [0.1, 0.15) is 18.0 Å². The number of aromatic nitrogens is 3. The number of carbonyl (C=O) groups excluding carboxylic acids is 2. The first-order valence-corrected chi connectivity index (χ1v) is 10.4. The van der Waals surface area contributed by atoms with E-state index < -0.39 is 29.9 Å². The number of ether oxygens (including phenoxy) is 3. The molecule has 0 N–H and O–H groups in total. The predicted octanol–water partition coefficient (Wildman–Crippen LogP) is 2.21. The van der Waals surface area contributed by atoms with Crippen LogP contribution >= 0.6 is 0 Å². The van der Waals surface area contributed by atoms with Gasteiger partial charge in [0.2, 0.25) is 0 Å². The van der Waals surface area contributed by atoms with Gasteiger partial charge in [0.15, 0.2) is 6.04 Å².